The molecule has 0 fully saturated rings. The molecule has 0 radical (unpaired) electrons. The van der Waals surface area contributed by atoms with Gasteiger partial charge in [0.2, 0.25) is 0 Å². The van der Waals surface area contributed by atoms with E-state index >= 15 is 0 Å². The molecule has 0 aliphatic carbocycles. The molecule has 15 heavy (non-hydrogen) atoms. The lowest BCUT2D eigenvalue weighted by Crippen LogP contribution is -1.84. The third-order valence-electron chi connectivity index (χ3n) is 2.29. The first-order valence-electron chi connectivity index (χ1n) is 5.32. The molecule has 1 aromatic rings. The minimum Gasteiger partial charge on any atom is -0.207 e. The van der Waals surface area contributed by atoms with Gasteiger partial charge in [-0.25, -0.2) is 4.39 Å². The van der Waals surface area contributed by atoms with Gasteiger partial charge in [-0.1, -0.05) is 37.3 Å². The van der Waals surface area contributed by atoms with Crippen LogP contribution in [0.4, 0.5) is 4.39 Å². The van der Waals surface area contributed by atoms with Crippen molar-refractivity contribution in [1.29, 1.82) is 0 Å². The first kappa shape index (κ1) is 11.7. The SMILES string of the molecule is C/C=C\C(F)=C/Cc1ccc(CC)cc1. The number of halogens is 1. The van der Waals surface area contributed by atoms with E-state index in [1.54, 1.807) is 12.2 Å². The molecule has 0 amide bonds. The summed E-state index contributed by atoms with van der Waals surface area (Å²) in [4.78, 5) is 0. The summed E-state index contributed by atoms with van der Waals surface area (Å²) in [5.41, 5.74) is 2.46. The van der Waals surface area contributed by atoms with Crippen molar-refractivity contribution in [3.8, 4) is 0 Å². The molecule has 0 aliphatic heterocycles. The fourth-order valence-electron chi connectivity index (χ4n) is 1.35. The summed E-state index contributed by atoms with van der Waals surface area (Å²) in [7, 11) is 0. The van der Waals surface area contributed by atoms with Crippen LogP contribution in [-0.4, -0.2) is 0 Å². The smallest absolute Gasteiger partial charge is 0.119 e. The Bertz CT molecular complexity index is 344. The molecule has 0 aromatic heterocycles. The van der Waals surface area contributed by atoms with Crippen molar-refractivity contribution in [3.63, 3.8) is 0 Å². The molecule has 0 nitrogen and oxygen atoms in total. The standard InChI is InChI=1S/C14H17F/c1-3-5-14(15)11-10-13-8-6-12(4-2)7-9-13/h3,5-9,11H,4,10H2,1-2H3/b5-3-,14-11+. The highest BCUT2D eigenvalue weighted by Crippen LogP contribution is 2.08. The Kier molecular flexibility index (Phi) is 4.82. The summed E-state index contributed by atoms with van der Waals surface area (Å²) in [5.74, 6) is -0.169. The molecule has 0 unspecified atom stereocenters. The average molecular weight is 204 g/mol. The van der Waals surface area contributed by atoms with E-state index in [1.807, 2.05) is 6.92 Å². The second-order valence-corrected chi connectivity index (χ2v) is 3.46. The number of hydrogen-bond donors (Lipinski definition) is 0. The van der Waals surface area contributed by atoms with Gasteiger partial charge >= 0.3 is 0 Å². The van der Waals surface area contributed by atoms with Gasteiger partial charge in [0.05, 0.1) is 0 Å². The van der Waals surface area contributed by atoms with Crippen LogP contribution in [-0.2, 0) is 12.8 Å². The highest BCUT2D eigenvalue weighted by Gasteiger charge is 1.92. The zero-order valence-corrected chi connectivity index (χ0v) is 9.33. The van der Waals surface area contributed by atoms with Crippen LogP contribution in [0.2, 0.25) is 0 Å². The van der Waals surface area contributed by atoms with Crippen LogP contribution in [0.1, 0.15) is 25.0 Å². The van der Waals surface area contributed by atoms with E-state index in [0.717, 1.165) is 12.0 Å². The summed E-state index contributed by atoms with van der Waals surface area (Å²) >= 11 is 0. The number of aryl methyl sites for hydroxylation is 1. The van der Waals surface area contributed by atoms with Gasteiger partial charge < -0.3 is 0 Å². The van der Waals surface area contributed by atoms with Gasteiger partial charge in [-0.3, -0.25) is 0 Å². The fraction of sp³-hybridized carbons (Fsp3) is 0.286. The van der Waals surface area contributed by atoms with Crippen LogP contribution in [0.15, 0.2) is 48.3 Å². The van der Waals surface area contributed by atoms with E-state index in [-0.39, 0.29) is 5.83 Å². The zero-order chi connectivity index (χ0) is 11.1. The van der Waals surface area contributed by atoms with Crippen molar-refractivity contribution < 1.29 is 4.39 Å². The summed E-state index contributed by atoms with van der Waals surface area (Å²) in [6.07, 6.45) is 6.47. The van der Waals surface area contributed by atoms with Crippen molar-refractivity contribution in [2.45, 2.75) is 26.7 Å². The van der Waals surface area contributed by atoms with Crippen molar-refractivity contribution in [1.82, 2.24) is 0 Å². The monoisotopic (exact) mass is 204 g/mol. The van der Waals surface area contributed by atoms with E-state index in [9.17, 15) is 4.39 Å². The maximum absolute atomic E-state index is 13.0. The van der Waals surface area contributed by atoms with E-state index in [2.05, 4.69) is 31.2 Å². The Balaban J connectivity index is 2.61. The Hall–Kier alpha value is -1.37. The van der Waals surface area contributed by atoms with Gasteiger partial charge in [-0.05, 0) is 43.0 Å². The number of allylic oxidation sites excluding steroid dienone is 4. The molecule has 0 N–H and O–H groups in total. The Morgan fingerprint density at radius 1 is 1.20 bits per heavy atom. The Labute approximate surface area is 91.1 Å². The highest BCUT2D eigenvalue weighted by atomic mass is 19.1. The predicted molar refractivity (Wildman–Crippen MR) is 63.5 cm³/mol. The molecule has 0 bridgehead atoms. The summed E-state index contributed by atoms with van der Waals surface area (Å²) < 4.78 is 13.0. The quantitative estimate of drug-likeness (QED) is 0.644. The molecule has 0 heterocycles. The maximum Gasteiger partial charge on any atom is 0.119 e. The largest absolute Gasteiger partial charge is 0.207 e. The minimum atomic E-state index is -0.169. The predicted octanol–water partition coefficient (Wildman–Crippen LogP) is 4.22. The van der Waals surface area contributed by atoms with Crippen molar-refractivity contribution in [2.75, 3.05) is 0 Å². The van der Waals surface area contributed by atoms with Crippen molar-refractivity contribution in [3.05, 3.63) is 59.4 Å². The van der Waals surface area contributed by atoms with Crippen LogP contribution in [0.5, 0.6) is 0 Å². The summed E-state index contributed by atoms with van der Waals surface area (Å²) in [6, 6.07) is 8.30. The van der Waals surface area contributed by atoms with Crippen LogP contribution >= 0.6 is 0 Å². The number of benzene rings is 1. The van der Waals surface area contributed by atoms with Gasteiger partial charge in [0.25, 0.3) is 0 Å². The van der Waals surface area contributed by atoms with E-state index < -0.39 is 0 Å². The van der Waals surface area contributed by atoms with Crippen LogP contribution < -0.4 is 0 Å². The molecule has 0 saturated heterocycles. The van der Waals surface area contributed by atoms with E-state index in [0.29, 0.717) is 6.42 Å². The maximum atomic E-state index is 13.0. The lowest BCUT2D eigenvalue weighted by atomic mass is 10.1. The Morgan fingerprint density at radius 2 is 1.80 bits per heavy atom. The summed E-state index contributed by atoms with van der Waals surface area (Å²) in [5, 5.41) is 0. The van der Waals surface area contributed by atoms with E-state index in [4.69, 9.17) is 0 Å². The second-order valence-electron chi connectivity index (χ2n) is 3.46. The molecular weight excluding hydrogens is 187 g/mol. The third-order valence-corrected chi connectivity index (χ3v) is 2.29. The zero-order valence-electron chi connectivity index (χ0n) is 9.33. The average Bonchev–Trinajstić information content (AvgIpc) is 2.27. The second kappa shape index (κ2) is 6.18. The lowest BCUT2D eigenvalue weighted by Gasteiger charge is -1.99. The molecule has 80 valence electrons. The van der Waals surface area contributed by atoms with Crippen LogP contribution in [0, 0.1) is 0 Å². The van der Waals surface area contributed by atoms with Gasteiger partial charge in [0.1, 0.15) is 5.83 Å². The molecule has 1 aromatic carbocycles. The van der Waals surface area contributed by atoms with Crippen LogP contribution in [0.25, 0.3) is 0 Å². The number of hydrogen-bond acceptors (Lipinski definition) is 0. The third kappa shape index (κ3) is 4.11. The summed E-state index contributed by atoms with van der Waals surface area (Å²) in [6.45, 7) is 3.93. The molecule has 0 atom stereocenters. The molecule has 0 saturated carbocycles. The van der Waals surface area contributed by atoms with E-state index in [1.165, 1.54) is 11.6 Å². The normalized spacial score (nSPS) is 12.3. The first-order chi connectivity index (χ1) is 7.26. The van der Waals surface area contributed by atoms with Gasteiger partial charge in [-0.15, -0.1) is 0 Å². The molecular formula is C14H17F. The molecule has 0 spiro atoms. The van der Waals surface area contributed by atoms with Gasteiger partial charge in [0, 0.05) is 0 Å². The van der Waals surface area contributed by atoms with Crippen molar-refractivity contribution >= 4 is 0 Å². The van der Waals surface area contributed by atoms with Crippen LogP contribution in [0.3, 0.4) is 0 Å². The molecule has 1 heteroatoms. The first-order valence-corrected chi connectivity index (χ1v) is 5.32. The minimum absolute atomic E-state index is 0.169. The molecule has 1 rings (SSSR count). The fourth-order valence-corrected chi connectivity index (χ4v) is 1.35. The number of rotatable bonds is 4. The lowest BCUT2D eigenvalue weighted by molar-refractivity contribution is 0.662. The van der Waals surface area contributed by atoms with Gasteiger partial charge in [-0.2, -0.15) is 0 Å². The topological polar surface area (TPSA) is 0 Å². The Morgan fingerprint density at radius 3 is 2.33 bits per heavy atom. The molecule has 0 aliphatic rings. The van der Waals surface area contributed by atoms with Crippen molar-refractivity contribution in [2.24, 2.45) is 0 Å². The van der Waals surface area contributed by atoms with Gasteiger partial charge in [0.15, 0.2) is 0 Å². The highest BCUT2D eigenvalue weighted by molar-refractivity contribution is 5.25.